The topological polar surface area (TPSA) is 76.5 Å². The number of benzene rings is 2. The van der Waals surface area contributed by atoms with E-state index in [2.05, 4.69) is 16.0 Å². The molecule has 2 aliphatic rings. The van der Waals surface area contributed by atoms with Crippen LogP contribution < -0.4 is 16.0 Å². The fourth-order valence-electron chi connectivity index (χ4n) is 6.02. The highest BCUT2D eigenvalue weighted by atomic mass is 16.3. The summed E-state index contributed by atoms with van der Waals surface area (Å²) in [6.07, 6.45) is 9.00. The molecule has 5 nitrogen and oxygen atoms in total. The lowest BCUT2D eigenvalue weighted by atomic mass is 9.86. The van der Waals surface area contributed by atoms with Crippen LogP contribution in [0.25, 0.3) is 0 Å². The molecule has 2 bridgehead atoms. The van der Waals surface area contributed by atoms with Crippen molar-refractivity contribution in [3.8, 4) is 11.5 Å². The first kappa shape index (κ1) is 24.1. The lowest BCUT2D eigenvalue weighted by Gasteiger charge is -2.26. The van der Waals surface area contributed by atoms with Gasteiger partial charge in [0.2, 0.25) is 0 Å². The van der Waals surface area contributed by atoms with Crippen molar-refractivity contribution < 1.29 is 10.2 Å². The minimum absolute atomic E-state index is 0.311. The zero-order valence-electron chi connectivity index (χ0n) is 20.0. The van der Waals surface area contributed by atoms with Gasteiger partial charge in [0.05, 0.1) is 0 Å². The largest absolute Gasteiger partial charge is 0.508 e. The first-order chi connectivity index (χ1) is 16.1. The number of likely N-dealkylation sites (N-methyl/N-ethyl adjacent to an activating group) is 1. The molecule has 33 heavy (non-hydrogen) atoms. The third kappa shape index (κ3) is 7.20. The molecule has 5 atom stereocenters. The van der Waals surface area contributed by atoms with Crippen molar-refractivity contribution in [1.82, 2.24) is 16.0 Å². The van der Waals surface area contributed by atoms with Crippen LogP contribution in [0.3, 0.4) is 0 Å². The molecule has 0 radical (unpaired) electrons. The Bertz CT molecular complexity index is 839. The second kappa shape index (κ2) is 11.9. The Kier molecular flexibility index (Phi) is 8.65. The molecule has 5 N–H and O–H groups in total. The molecule has 2 saturated carbocycles. The third-order valence-electron chi connectivity index (χ3n) is 7.77. The summed E-state index contributed by atoms with van der Waals surface area (Å²) in [5, 5.41) is 30.2. The van der Waals surface area contributed by atoms with Crippen LogP contribution in [0.15, 0.2) is 48.5 Å². The van der Waals surface area contributed by atoms with Gasteiger partial charge in [-0.25, -0.2) is 0 Å². The van der Waals surface area contributed by atoms with Crippen LogP contribution in [-0.4, -0.2) is 49.0 Å². The summed E-state index contributed by atoms with van der Waals surface area (Å²) in [5.41, 5.74) is 2.47. The number of hydrogen-bond acceptors (Lipinski definition) is 5. The second-order valence-corrected chi connectivity index (χ2v) is 10.3. The van der Waals surface area contributed by atoms with E-state index in [9.17, 15) is 10.2 Å². The van der Waals surface area contributed by atoms with E-state index < -0.39 is 0 Å². The van der Waals surface area contributed by atoms with E-state index >= 15 is 0 Å². The van der Waals surface area contributed by atoms with Crippen LogP contribution in [0.1, 0.15) is 43.2 Å². The van der Waals surface area contributed by atoms with Gasteiger partial charge in [0.15, 0.2) is 0 Å². The van der Waals surface area contributed by atoms with Crippen molar-refractivity contribution in [2.75, 3.05) is 26.7 Å². The number of nitrogens with one attached hydrogen (secondary N) is 3. The lowest BCUT2D eigenvalue weighted by Crippen LogP contribution is -2.47. The van der Waals surface area contributed by atoms with Crippen LogP contribution in [0.5, 0.6) is 11.5 Å². The molecule has 0 spiro atoms. The zero-order chi connectivity index (χ0) is 23.0. The molecule has 0 saturated heterocycles. The normalized spacial score (nSPS) is 23.6. The molecular weight excluding hydrogens is 410 g/mol. The van der Waals surface area contributed by atoms with Crippen molar-refractivity contribution in [2.45, 2.75) is 57.0 Å². The van der Waals surface area contributed by atoms with E-state index in [0.29, 0.717) is 23.6 Å². The van der Waals surface area contributed by atoms with Crippen molar-refractivity contribution in [1.29, 1.82) is 0 Å². The smallest absolute Gasteiger partial charge is 0.115 e. The van der Waals surface area contributed by atoms with Gasteiger partial charge in [0.25, 0.3) is 0 Å². The van der Waals surface area contributed by atoms with Crippen molar-refractivity contribution in [3.63, 3.8) is 0 Å². The summed E-state index contributed by atoms with van der Waals surface area (Å²) < 4.78 is 0. The minimum Gasteiger partial charge on any atom is -0.508 e. The van der Waals surface area contributed by atoms with Gasteiger partial charge in [0.1, 0.15) is 11.5 Å². The fourth-order valence-corrected chi connectivity index (χ4v) is 6.02. The van der Waals surface area contributed by atoms with E-state index in [-0.39, 0.29) is 0 Å². The molecule has 2 aromatic carbocycles. The van der Waals surface area contributed by atoms with E-state index in [1.54, 1.807) is 24.3 Å². The summed E-state index contributed by atoms with van der Waals surface area (Å²) >= 11 is 0. The van der Waals surface area contributed by atoms with Gasteiger partial charge < -0.3 is 26.2 Å². The Hall–Kier alpha value is -2.08. The van der Waals surface area contributed by atoms with E-state index in [0.717, 1.165) is 50.2 Å². The Balaban J connectivity index is 1.32. The Labute approximate surface area is 199 Å². The summed E-state index contributed by atoms with van der Waals surface area (Å²) in [4.78, 5) is 0. The fraction of sp³-hybridized carbons (Fsp3) is 0.571. The first-order valence-electron chi connectivity index (χ1n) is 12.8. The molecule has 4 rings (SSSR count). The Morgan fingerprint density at radius 1 is 0.788 bits per heavy atom. The van der Waals surface area contributed by atoms with Gasteiger partial charge in [0, 0.05) is 25.2 Å². The number of aromatic hydroxyl groups is 2. The van der Waals surface area contributed by atoms with Crippen LogP contribution >= 0.6 is 0 Å². The maximum absolute atomic E-state index is 9.65. The standard InChI is InChI=1S/C28H41N3O2/c1-29-18-25(16-20-3-8-27(32)9-4-20)31-19-26(17-21-5-10-28(33)11-6-21)30-13-12-24-15-22-2-7-23(24)14-22/h3-6,8-11,22-26,29-33H,2,7,12-19H2,1H3/t22?,23?,24?,25-,26-/m0/s1. The summed E-state index contributed by atoms with van der Waals surface area (Å²) in [6.45, 7) is 2.85. The Morgan fingerprint density at radius 2 is 1.39 bits per heavy atom. The summed E-state index contributed by atoms with van der Waals surface area (Å²) in [5.74, 6) is 3.55. The SMILES string of the molecule is CNC[C@H](Cc1ccc(O)cc1)NC[C@H](Cc1ccc(O)cc1)NCCC1CC2CCC1C2. The van der Waals surface area contributed by atoms with Crippen LogP contribution in [0.4, 0.5) is 0 Å². The van der Waals surface area contributed by atoms with Crippen molar-refractivity contribution >= 4 is 0 Å². The molecule has 3 unspecified atom stereocenters. The average molecular weight is 452 g/mol. The van der Waals surface area contributed by atoms with E-state index in [1.807, 2.05) is 31.3 Å². The highest BCUT2D eigenvalue weighted by Crippen LogP contribution is 2.49. The Morgan fingerprint density at radius 3 is 1.91 bits per heavy atom. The van der Waals surface area contributed by atoms with Gasteiger partial charge in [-0.15, -0.1) is 0 Å². The molecule has 0 aliphatic heterocycles. The molecule has 2 fully saturated rings. The molecule has 5 heteroatoms. The number of phenolic OH excluding ortho intramolecular Hbond substituents is 2. The maximum Gasteiger partial charge on any atom is 0.115 e. The number of phenols is 2. The van der Waals surface area contributed by atoms with Gasteiger partial charge in [-0.3, -0.25) is 0 Å². The molecular formula is C28H41N3O2. The van der Waals surface area contributed by atoms with E-state index in [1.165, 1.54) is 43.2 Å². The molecule has 0 aromatic heterocycles. The maximum atomic E-state index is 9.65. The van der Waals surface area contributed by atoms with Crippen molar-refractivity contribution in [2.24, 2.45) is 17.8 Å². The number of fused-ring (bicyclic) bond motifs is 2. The third-order valence-corrected chi connectivity index (χ3v) is 7.77. The molecule has 180 valence electrons. The molecule has 2 aliphatic carbocycles. The number of rotatable bonds is 13. The van der Waals surface area contributed by atoms with E-state index in [4.69, 9.17) is 0 Å². The zero-order valence-corrected chi connectivity index (χ0v) is 20.0. The van der Waals surface area contributed by atoms with Gasteiger partial charge in [-0.1, -0.05) is 30.7 Å². The highest BCUT2D eigenvalue weighted by Gasteiger charge is 2.38. The van der Waals surface area contributed by atoms with Crippen LogP contribution in [0.2, 0.25) is 0 Å². The highest BCUT2D eigenvalue weighted by molar-refractivity contribution is 5.27. The minimum atomic E-state index is 0.311. The summed E-state index contributed by atoms with van der Waals surface area (Å²) in [6, 6.07) is 15.8. The van der Waals surface area contributed by atoms with Gasteiger partial charge >= 0.3 is 0 Å². The monoisotopic (exact) mass is 451 g/mol. The second-order valence-electron chi connectivity index (χ2n) is 10.3. The summed E-state index contributed by atoms with van der Waals surface area (Å²) in [7, 11) is 1.99. The van der Waals surface area contributed by atoms with Crippen LogP contribution in [-0.2, 0) is 12.8 Å². The quantitative estimate of drug-likeness (QED) is 0.320. The van der Waals surface area contributed by atoms with Crippen molar-refractivity contribution in [3.05, 3.63) is 59.7 Å². The van der Waals surface area contributed by atoms with Gasteiger partial charge in [-0.05, 0) is 105 Å². The molecule has 0 heterocycles. The molecule has 2 aromatic rings. The van der Waals surface area contributed by atoms with Gasteiger partial charge in [-0.2, -0.15) is 0 Å². The average Bonchev–Trinajstić information content (AvgIpc) is 3.44. The predicted octanol–water partition coefficient (Wildman–Crippen LogP) is 3.85. The lowest BCUT2D eigenvalue weighted by molar-refractivity contribution is 0.302. The number of hydrogen-bond donors (Lipinski definition) is 5. The van der Waals surface area contributed by atoms with Crippen LogP contribution in [0, 0.1) is 17.8 Å². The molecule has 0 amide bonds. The predicted molar refractivity (Wildman–Crippen MR) is 135 cm³/mol. The first-order valence-corrected chi connectivity index (χ1v) is 12.8.